The summed E-state index contributed by atoms with van der Waals surface area (Å²) in [7, 11) is 2.58. The third kappa shape index (κ3) is 5.78. The van der Waals surface area contributed by atoms with Crippen LogP contribution in [-0.4, -0.2) is 43.0 Å². The molecule has 2 aromatic heterocycles. The van der Waals surface area contributed by atoms with Crippen molar-refractivity contribution >= 4 is 28.6 Å². The van der Waals surface area contributed by atoms with Crippen molar-refractivity contribution in [1.29, 1.82) is 0 Å². The van der Waals surface area contributed by atoms with E-state index in [0.29, 0.717) is 5.56 Å². The van der Waals surface area contributed by atoms with Crippen LogP contribution < -0.4 is 10.6 Å². The summed E-state index contributed by atoms with van der Waals surface area (Å²) in [5.74, 6) is -1.20. The first-order chi connectivity index (χ1) is 15.0. The van der Waals surface area contributed by atoms with Gasteiger partial charge in [-0.05, 0) is 17.7 Å². The van der Waals surface area contributed by atoms with Crippen molar-refractivity contribution in [1.82, 2.24) is 29.4 Å². The lowest BCUT2D eigenvalue weighted by Crippen LogP contribution is -2.29. The van der Waals surface area contributed by atoms with Gasteiger partial charge < -0.3 is 10.2 Å². The molecule has 3 amide bonds. The Hall–Kier alpha value is -3.55. The van der Waals surface area contributed by atoms with Crippen LogP contribution in [0.3, 0.4) is 0 Å². The molecule has 0 aliphatic rings. The van der Waals surface area contributed by atoms with Crippen LogP contribution >= 0.6 is 11.5 Å². The molecule has 0 fully saturated rings. The second-order valence-electron chi connectivity index (χ2n) is 6.68. The summed E-state index contributed by atoms with van der Waals surface area (Å²) in [5, 5.41) is 8.41. The van der Waals surface area contributed by atoms with Crippen molar-refractivity contribution in [2.45, 2.75) is 19.3 Å². The summed E-state index contributed by atoms with van der Waals surface area (Å²) in [6.45, 7) is -0.104. The summed E-state index contributed by atoms with van der Waals surface area (Å²) in [4.78, 5) is 29.5. The van der Waals surface area contributed by atoms with E-state index in [-0.39, 0.29) is 24.0 Å². The van der Waals surface area contributed by atoms with E-state index in [1.165, 1.54) is 32.3 Å². The summed E-state index contributed by atoms with van der Waals surface area (Å²) >= 11 is 0.836. The standard InChI is InChI=1S/C18H17F4N7O2S/c1-28(15(30)12-8-29(2)26-14(12)18(20,21)22)9-13-24-17(32-27-13)25-16(31)23-7-10-4-3-5-11(19)6-10/h3-6,8H,7,9H2,1-2H3,(H2,23,24,25,27,31). The third-order valence-corrected chi connectivity index (χ3v) is 4.75. The summed E-state index contributed by atoms with van der Waals surface area (Å²) in [5.41, 5.74) is -1.31. The Morgan fingerprint density at radius 1 is 1.28 bits per heavy atom. The first kappa shape index (κ1) is 23.1. The van der Waals surface area contributed by atoms with Gasteiger partial charge in [0, 0.05) is 38.4 Å². The van der Waals surface area contributed by atoms with Crippen LogP contribution in [0.2, 0.25) is 0 Å². The number of halogens is 4. The number of benzene rings is 1. The molecule has 2 heterocycles. The summed E-state index contributed by atoms with van der Waals surface area (Å²) < 4.78 is 57.3. The lowest BCUT2D eigenvalue weighted by Gasteiger charge is -2.15. The molecule has 0 saturated carbocycles. The minimum Gasteiger partial charge on any atom is -0.334 e. The van der Waals surface area contributed by atoms with Crippen LogP contribution in [-0.2, 0) is 26.3 Å². The number of alkyl halides is 3. The smallest absolute Gasteiger partial charge is 0.334 e. The first-order valence-electron chi connectivity index (χ1n) is 9.01. The van der Waals surface area contributed by atoms with Crippen LogP contribution in [0.15, 0.2) is 30.5 Å². The number of hydrogen-bond donors (Lipinski definition) is 2. The van der Waals surface area contributed by atoms with Gasteiger partial charge in [0.05, 0.1) is 12.1 Å². The molecule has 0 unspecified atom stereocenters. The van der Waals surface area contributed by atoms with Gasteiger partial charge in [0.25, 0.3) is 5.91 Å². The highest BCUT2D eigenvalue weighted by molar-refractivity contribution is 7.09. The number of carbonyl (C=O) groups is 2. The number of carbonyl (C=O) groups excluding carboxylic acids is 2. The SMILES string of the molecule is CN(Cc1nsc(NC(=O)NCc2cccc(F)c2)n1)C(=O)c1cn(C)nc1C(F)(F)F. The van der Waals surface area contributed by atoms with Gasteiger partial charge in [0.2, 0.25) is 5.13 Å². The van der Waals surface area contributed by atoms with Gasteiger partial charge >= 0.3 is 12.2 Å². The van der Waals surface area contributed by atoms with Gasteiger partial charge in [-0.25, -0.2) is 14.2 Å². The van der Waals surface area contributed by atoms with Crippen LogP contribution in [0.25, 0.3) is 0 Å². The van der Waals surface area contributed by atoms with Crippen LogP contribution in [0, 0.1) is 5.82 Å². The molecule has 3 aromatic rings. The van der Waals surface area contributed by atoms with Crippen molar-refractivity contribution in [2.24, 2.45) is 7.05 Å². The number of nitrogens with zero attached hydrogens (tertiary/aromatic N) is 5. The minimum absolute atomic E-state index is 0.0825. The number of anilines is 1. The average Bonchev–Trinajstić information content (AvgIpc) is 3.32. The topological polar surface area (TPSA) is 105 Å². The summed E-state index contributed by atoms with van der Waals surface area (Å²) in [6.07, 6.45) is -3.78. The highest BCUT2D eigenvalue weighted by Gasteiger charge is 2.39. The van der Waals surface area contributed by atoms with Gasteiger partial charge in [0.1, 0.15) is 5.82 Å². The highest BCUT2D eigenvalue weighted by Crippen LogP contribution is 2.31. The highest BCUT2D eigenvalue weighted by atomic mass is 32.1. The molecule has 0 bridgehead atoms. The minimum atomic E-state index is -4.78. The Labute approximate surface area is 183 Å². The quantitative estimate of drug-likeness (QED) is 0.538. The predicted octanol–water partition coefficient (Wildman–Crippen LogP) is 3.02. The maximum atomic E-state index is 13.2. The molecule has 170 valence electrons. The van der Waals surface area contributed by atoms with Crippen molar-refractivity contribution in [3.63, 3.8) is 0 Å². The fraction of sp³-hybridized carbons (Fsp3) is 0.278. The molecular weight excluding hydrogens is 454 g/mol. The zero-order valence-electron chi connectivity index (χ0n) is 16.8. The maximum absolute atomic E-state index is 13.2. The second-order valence-corrected chi connectivity index (χ2v) is 7.43. The molecule has 14 heteroatoms. The molecule has 9 nitrogen and oxygen atoms in total. The molecule has 0 spiro atoms. The normalized spacial score (nSPS) is 11.3. The Bertz CT molecular complexity index is 1130. The third-order valence-electron chi connectivity index (χ3n) is 4.08. The molecule has 0 saturated heterocycles. The van der Waals surface area contributed by atoms with Crippen LogP contribution in [0.5, 0.6) is 0 Å². The van der Waals surface area contributed by atoms with E-state index < -0.39 is 35.2 Å². The first-order valence-corrected chi connectivity index (χ1v) is 9.78. The largest absolute Gasteiger partial charge is 0.435 e. The molecule has 0 aliphatic heterocycles. The van der Waals surface area contributed by atoms with Crippen LogP contribution in [0.4, 0.5) is 27.5 Å². The molecule has 0 radical (unpaired) electrons. The van der Waals surface area contributed by atoms with Gasteiger partial charge in [-0.15, -0.1) is 0 Å². The lowest BCUT2D eigenvalue weighted by atomic mass is 10.2. The molecular formula is C18H17F4N7O2S. The Balaban J connectivity index is 1.57. The Morgan fingerprint density at radius 3 is 2.72 bits per heavy atom. The molecule has 32 heavy (non-hydrogen) atoms. The van der Waals surface area contributed by atoms with E-state index in [1.54, 1.807) is 6.07 Å². The zero-order valence-corrected chi connectivity index (χ0v) is 17.6. The predicted molar refractivity (Wildman–Crippen MR) is 106 cm³/mol. The number of aryl methyl sites for hydroxylation is 1. The van der Waals surface area contributed by atoms with Gasteiger partial charge in [-0.2, -0.15) is 22.6 Å². The van der Waals surface area contributed by atoms with E-state index >= 15 is 0 Å². The van der Waals surface area contributed by atoms with E-state index in [0.717, 1.165) is 27.3 Å². The van der Waals surface area contributed by atoms with E-state index in [2.05, 4.69) is 25.1 Å². The van der Waals surface area contributed by atoms with Gasteiger partial charge in [-0.3, -0.25) is 14.8 Å². The number of hydrogen-bond acceptors (Lipinski definition) is 6. The van der Waals surface area contributed by atoms with E-state index in [9.17, 15) is 27.2 Å². The maximum Gasteiger partial charge on any atom is 0.435 e. The monoisotopic (exact) mass is 471 g/mol. The number of urea groups is 1. The van der Waals surface area contributed by atoms with Crippen LogP contribution in [0.1, 0.15) is 27.4 Å². The van der Waals surface area contributed by atoms with E-state index in [4.69, 9.17) is 0 Å². The van der Waals surface area contributed by atoms with Crippen molar-refractivity contribution < 1.29 is 27.2 Å². The van der Waals surface area contributed by atoms with Gasteiger partial charge in [-0.1, -0.05) is 12.1 Å². The number of nitrogens with one attached hydrogen (secondary N) is 2. The van der Waals surface area contributed by atoms with Gasteiger partial charge in [0.15, 0.2) is 11.5 Å². The molecule has 3 rings (SSSR count). The number of aromatic nitrogens is 4. The average molecular weight is 471 g/mol. The molecule has 2 N–H and O–H groups in total. The fourth-order valence-corrected chi connectivity index (χ4v) is 3.26. The molecule has 0 atom stereocenters. The Morgan fingerprint density at radius 2 is 2.03 bits per heavy atom. The van der Waals surface area contributed by atoms with E-state index in [1.807, 2.05) is 0 Å². The fourth-order valence-electron chi connectivity index (χ4n) is 2.68. The van der Waals surface area contributed by atoms with Crippen molar-refractivity contribution in [3.8, 4) is 0 Å². The lowest BCUT2D eigenvalue weighted by molar-refractivity contribution is -0.141. The number of amides is 3. The molecule has 0 aliphatic carbocycles. The number of rotatable bonds is 6. The van der Waals surface area contributed by atoms with Crippen molar-refractivity contribution in [2.75, 3.05) is 12.4 Å². The second kappa shape index (κ2) is 9.30. The molecule has 1 aromatic carbocycles. The Kier molecular flexibility index (Phi) is 6.72. The van der Waals surface area contributed by atoms with Crippen molar-refractivity contribution in [3.05, 3.63) is 58.9 Å². The zero-order chi connectivity index (χ0) is 23.5. The summed E-state index contributed by atoms with van der Waals surface area (Å²) in [6, 6.07) is 5.12.